The number of rotatable bonds is 6. The number of nitrogen functional groups attached to an aromatic ring is 1. The van der Waals surface area contributed by atoms with Crippen LogP contribution in [0.15, 0.2) is 0 Å². The summed E-state index contributed by atoms with van der Waals surface area (Å²) in [6, 6.07) is 0.417. The molecule has 2 aromatic rings. The number of hydrogen-bond acceptors (Lipinski definition) is 3. The summed E-state index contributed by atoms with van der Waals surface area (Å²) in [7, 11) is 1.98. The van der Waals surface area contributed by atoms with Crippen molar-refractivity contribution >= 4 is 17.1 Å². The van der Waals surface area contributed by atoms with Crippen LogP contribution in [0.2, 0.25) is 0 Å². The first kappa shape index (κ1) is 13.9. The molecule has 5 nitrogen and oxygen atoms in total. The van der Waals surface area contributed by atoms with Gasteiger partial charge in [0.1, 0.15) is 5.52 Å². The van der Waals surface area contributed by atoms with E-state index in [4.69, 9.17) is 5.73 Å². The molecular formula is C14H25N5. The van der Waals surface area contributed by atoms with Gasteiger partial charge in [0.2, 0.25) is 5.95 Å². The zero-order valence-electron chi connectivity index (χ0n) is 12.5. The van der Waals surface area contributed by atoms with Crippen LogP contribution in [0, 0.1) is 0 Å². The molecule has 0 saturated carbocycles. The summed E-state index contributed by atoms with van der Waals surface area (Å²) >= 11 is 0. The van der Waals surface area contributed by atoms with Crippen LogP contribution in [0.25, 0.3) is 11.2 Å². The van der Waals surface area contributed by atoms with Gasteiger partial charge in [-0.2, -0.15) is 5.10 Å². The first-order valence-corrected chi connectivity index (χ1v) is 7.33. The van der Waals surface area contributed by atoms with E-state index in [-0.39, 0.29) is 0 Å². The van der Waals surface area contributed by atoms with Crippen molar-refractivity contribution in [3.63, 3.8) is 0 Å². The summed E-state index contributed by atoms with van der Waals surface area (Å²) in [5.74, 6) is 0.626. The van der Waals surface area contributed by atoms with Crippen LogP contribution in [0.5, 0.6) is 0 Å². The van der Waals surface area contributed by atoms with Gasteiger partial charge in [-0.05, 0) is 19.3 Å². The molecule has 2 N–H and O–H groups in total. The summed E-state index contributed by atoms with van der Waals surface area (Å²) in [5, 5.41) is 4.60. The van der Waals surface area contributed by atoms with Gasteiger partial charge >= 0.3 is 0 Å². The molecule has 2 aromatic heterocycles. The van der Waals surface area contributed by atoms with Crippen molar-refractivity contribution in [3.05, 3.63) is 5.69 Å². The SMILES string of the molecule is CCCc1nn(C)c2c1nc(N)n2C(CC)CCC. The predicted molar refractivity (Wildman–Crippen MR) is 79.1 cm³/mol. The third kappa shape index (κ3) is 2.33. The number of anilines is 1. The minimum absolute atomic E-state index is 0.417. The molecule has 2 heterocycles. The van der Waals surface area contributed by atoms with Crippen molar-refractivity contribution in [3.8, 4) is 0 Å². The van der Waals surface area contributed by atoms with Crippen LogP contribution >= 0.6 is 0 Å². The Morgan fingerprint density at radius 3 is 2.53 bits per heavy atom. The summed E-state index contributed by atoms with van der Waals surface area (Å²) in [6.07, 6.45) is 5.37. The number of nitrogens with zero attached hydrogens (tertiary/aromatic N) is 4. The zero-order chi connectivity index (χ0) is 14.0. The fraction of sp³-hybridized carbons (Fsp3) is 0.714. The van der Waals surface area contributed by atoms with E-state index in [2.05, 4.69) is 35.4 Å². The fourth-order valence-corrected chi connectivity index (χ4v) is 2.83. The van der Waals surface area contributed by atoms with Crippen LogP contribution < -0.4 is 5.73 Å². The van der Waals surface area contributed by atoms with E-state index in [1.54, 1.807) is 0 Å². The molecule has 1 unspecified atom stereocenters. The topological polar surface area (TPSA) is 61.7 Å². The molecule has 1 atom stereocenters. The lowest BCUT2D eigenvalue weighted by molar-refractivity contribution is 0.456. The highest BCUT2D eigenvalue weighted by Gasteiger charge is 2.21. The van der Waals surface area contributed by atoms with E-state index in [1.807, 2.05) is 11.7 Å². The van der Waals surface area contributed by atoms with Crippen molar-refractivity contribution in [2.75, 3.05) is 5.73 Å². The van der Waals surface area contributed by atoms with Crippen molar-refractivity contribution < 1.29 is 0 Å². The lowest BCUT2D eigenvalue weighted by Gasteiger charge is -2.18. The molecule has 0 saturated heterocycles. The third-order valence-electron chi connectivity index (χ3n) is 3.71. The molecule has 0 aliphatic rings. The number of hydrogen-bond donors (Lipinski definition) is 1. The van der Waals surface area contributed by atoms with Crippen molar-refractivity contribution in [1.29, 1.82) is 0 Å². The summed E-state index contributed by atoms with van der Waals surface area (Å²) in [4.78, 5) is 4.56. The minimum Gasteiger partial charge on any atom is -0.369 e. The lowest BCUT2D eigenvalue weighted by atomic mass is 10.1. The average molecular weight is 263 g/mol. The van der Waals surface area contributed by atoms with E-state index in [0.717, 1.165) is 49.0 Å². The Balaban J connectivity index is 2.57. The molecule has 5 heteroatoms. The lowest BCUT2D eigenvalue weighted by Crippen LogP contribution is -2.13. The maximum Gasteiger partial charge on any atom is 0.202 e. The second kappa shape index (κ2) is 5.63. The highest BCUT2D eigenvalue weighted by molar-refractivity contribution is 5.78. The van der Waals surface area contributed by atoms with E-state index < -0.39 is 0 Å². The zero-order valence-corrected chi connectivity index (χ0v) is 12.5. The van der Waals surface area contributed by atoms with E-state index in [0.29, 0.717) is 12.0 Å². The standard InChI is InChI=1S/C14H25N5/c1-5-8-10(7-3)19-13-12(16-14(19)15)11(9-6-2)17-18(13)4/h10H,5-9H2,1-4H3,(H2,15,16). The Bertz CT molecular complexity index is 552. The Hall–Kier alpha value is -1.52. The molecule has 0 aliphatic heterocycles. The van der Waals surface area contributed by atoms with Crippen molar-refractivity contribution in [2.45, 2.75) is 58.9 Å². The molecular weight excluding hydrogens is 238 g/mol. The summed E-state index contributed by atoms with van der Waals surface area (Å²) in [6.45, 7) is 6.57. The number of nitrogens with two attached hydrogens (primary N) is 1. The minimum atomic E-state index is 0.417. The molecule has 0 spiro atoms. The van der Waals surface area contributed by atoms with E-state index >= 15 is 0 Å². The average Bonchev–Trinajstić information content (AvgIpc) is 2.86. The monoisotopic (exact) mass is 263 g/mol. The van der Waals surface area contributed by atoms with Gasteiger partial charge in [-0.3, -0.25) is 9.25 Å². The Kier molecular flexibility index (Phi) is 4.12. The number of aromatic nitrogens is 4. The molecule has 19 heavy (non-hydrogen) atoms. The summed E-state index contributed by atoms with van der Waals surface area (Å²) in [5.41, 5.74) is 9.27. The molecule has 0 amide bonds. The highest BCUT2D eigenvalue weighted by Crippen LogP contribution is 2.29. The predicted octanol–water partition coefficient (Wildman–Crippen LogP) is 3.06. The largest absolute Gasteiger partial charge is 0.369 e. The van der Waals surface area contributed by atoms with Crippen LogP contribution in [0.1, 0.15) is 58.2 Å². The maximum atomic E-state index is 6.15. The van der Waals surface area contributed by atoms with Crippen LogP contribution in [-0.4, -0.2) is 19.3 Å². The Morgan fingerprint density at radius 1 is 1.21 bits per heavy atom. The van der Waals surface area contributed by atoms with E-state index in [1.165, 1.54) is 0 Å². The second-order valence-electron chi connectivity index (χ2n) is 5.18. The number of imidazole rings is 1. The first-order valence-electron chi connectivity index (χ1n) is 7.33. The molecule has 2 rings (SSSR count). The molecule has 0 radical (unpaired) electrons. The smallest absolute Gasteiger partial charge is 0.202 e. The third-order valence-corrected chi connectivity index (χ3v) is 3.71. The molecule has 0 aromatic carbocycles. The molecule has 106 valence electrons. The van der Waals surface area contributed by atoms with Crippen molar-refractivity contribution in [1.82, 2.24) is 19.3 Å². The number of aryl methyl sites for hydroxylation is 2. The van der Waals surface area contributed by atoms with Gasteiger partial charge in [0.15, 0.2) is 5.65 Å². The van der Waals surface area contributed by atoms with Crippen LogP contribution in [0.3, 0.4) is 0 Å². The quantitative estimate of drug-likeness (QED) is 0.871. The normalized spacial score (nSPS) is 13.3. The van der Waals surface area contributed by atoms with Gasteiger partial charge in [-0.25, -0.2) is 4.98 Å². The molecule has 0 aliphatic carbocycles. The van der Waals surface area contributed by atoms with Crippen LogP contribution in [-0.2, 0) is 13.5 Å². The molecule has 0 bridgehead atoms. The summed E-state index contributed by atoms with van der Waals surface area (Å²) < 4.78 is 4.10. The van der Waals surface area contributed by atoms with Gasteiger partial charge in [0.05, 0.1) is 5.69 Å². The maximum absolute atomic E-state index is 6.15. The van der Waals surface area contributed by atoms with Crippen molar-refractivity contribution in [2.24, 2.45) is 7.05 Å². The number of fused-ring (bicyclic) bond motifs is 1. The van der Waals surface area contributed by atoms with Gasteiger partial charge in [0.25, 0.3) is 0 Å². The van der Waals surface area contributed by atoms with Gasteiger partial charge in [0, 0.05) is 13.1 Å². The Morgan fingerprint density at radius 2 is 1.95 bits per heavy atom. The fourth-order valence-electron chi connectivity index (χ4n) is 2.83. The van der Waals surface area contributed by atoms with E-state index in [9.17, 15) is 0 Å². The second-order valence-corrected chi connectivity index (χ2v) is 5.18. The first-order chi connectivity index (χ1) is 9.13. The Labute approximate surface area is 114 Å². The van der Waals surface area contributed by atoms with Crippen LogP contribution in [0.4, 0.5) is 5.95 Å². The van der Waals surface area contributed by atoms with Gasteiger partial charge < -0.3 is 5.73 Å². The van der Waals surface area contributed by atoms with Gasteiger partial charge in [-0.15, -0.1) is 0 Å². The molecule has 0 fully saturated rings. The highest BCUT2D eigenvalue weighted by atomic mass is 15.4. The van der Waals surface area contributed by atoms with Gasteiger partial charge in [-0.1, -0.05) is 33.6 Å².